The molecule has 0 amide bonds. The molecular formula is C4H11NP-. The first-order valence-electron chi connectivity index (χ1n) is 2.21. The SMILES string of the molecule is CCC(C)[N-]P. The van der Waals surface area contributed by atoms with E-state index in [1.54, 1.807) is 0 Å². The summed E-state index contributed by atoms with van der Waals surface area (Å²) in [6.45, 7) is 4.21. The van der Waals surface area contributed by atoms with E-state index in [0.29, 0.717) is 6.04 Å². The molecule has 0 aliphatic rings. The van der Waals surface area contributed by atoms with Gasteiger partial charge in [0.25, 0.3) is 0 Å². The lowest BCUT2D eigenvalue weighted by Gasteiger charge is -2.19. The number of hydrogen-bond donors (Lipinski definition) is 0. The Morgan fingerprint density at radius 2 is 2.33 bits per heavy atom. The van der Waals surface area contributed by atoms with Crippen molar-refractivity contribution in [2.24, 2.45) is 0 Å². The first-order chi connectivity index (χ1) is 2.81. The minimum absolute atomic E-state index is 0.523. The summed E-state index contributed by atoms with van der Waals surface area (Å²) >= 11 is 0. The summed E-state index contributed by atoms with van der Waals surface area (Å²) in [6.07, 6.45) is 1.14. The highest BCUT2D eigenvalue weighted by atomic mass is 31.0. The zero-order valence-electron chi connectivity index (χ0n) is 4.31. The second-order valence-electron chi connectivity index (χ2n) is 1.41. The summed E-state index contributed by atoms with van der Waals surface area (Å²) in [7, 11) is 2.36. The zero-order valence-corrected chi connectivity index (χ0v) is 5.46. The van der Waals surface area contributed by atoms with Gasteiger partial charge in [0.2, 0.25) is 0 Å². The summed E-state index contributed by atoms with van der Waals surface area (Å²) in [5.41, 5.74) is 0. The normalized spacial score (nSPS) is 14.5. The van der Waals surface area contributed by atoms with E-state index in [4.69, 9.17) is 0 Å². The van der Waals surface area contributed by atoms with Crippen molar-refractivity contribution in [2.45, 2.75) is 26.3 Å². The molecule has 0 N–H and O–H groups in total. The summed E-state index contributed by atoms with van der Waals surface area (Å²) in [4.78, 5) is 0. The molecule has 0 fully saturated rings. The summed E-state index contributed by atoms with van der Waals surface area (Å²) < 4.78 is 0. The number of rotatable bonds is 2. The smallest absolute Gasteiger partial charge is 0.0668 e. The van der Waals surface area contributed by atoms with Crippen molar-refractivity contribution in [3.8, 4) is 0 Å². The van der Waals surface area contributed by atoms with Crippen LogP contribution in [0.25, 0.3) is 5.09 Å². The van der Waals surface area contributed by atoms with Gasteiger partial charge >= 0.3 is 0 Å². The molecule has 0 saturated heterocycles. The van der Waals surface area contributed by atoms with E-state index < -0.39 is 0 Å². The summed E-state index contributed by atoms with van der Waals surface area (Å²) in [5, 5.41) is 3.92. The van der Waals surface area contributed by atoms with Crippen molar-refractivity contribution in [3.63, 3.8) is 0 Å². The Labute approximate surface area is 41.8 Å². The van der Waals surface area contributed by atoms with E-state index in [1.807, 2.05) is 0 Å². The van der Waals surface area contributed by atoms with E-state index >= 15 is 0 Å². The Morgan fingerprint density at radius 1 is 1.83 bits per heavy atom. The predicted molar refractivity (Wildman–Crippen MR) is 32.8 cm³/mol. The van der Waals surface area contributed by atoms with Crippen molar-refractivity contribution in [3.05, 3.63) is 5.09 Å². The average molecular weight is 104 g/mol. The molecule has 1 nitrogen and oxygen atoms in total. The third-order valence-corrected chi connectivity index (χ3v) is 1.35. The van der Waals surface area contributed by atoms with E-state index in [9.17, 15) is 0 Å². The Hall–Kier alpha value is 0.390. The third-order valence-electron chi connectivity index (χ3n) is 0.845. The molecule has 0 aromatic rings. The highest BCUT2D eigenvalue weighted by molar-refractivity contribution is 7.20. The van der Waals surface area contributed by atoms with Crippen LogP contribution in [0.1, 0.15) is 20.3 Å². The summed E-state index contributed by atoms with van der Waals surface area (Å²) in [6, 6.07) is 0.523. The van der Waals surface area contributed by atoms with Gasteiger partial charge in [0.05, 0.1) is 0 Å². The lowest BCUT2D eigenvalue weighted by molar-refractivity contribution is 0.812. The van der Waals surface area contributed by atoms with Gasteiger partial charge in [-0.05, 0) is 0 Å². The molecule has 0 aliphatic carbocycles. The fourth-order valence-electron chi connectivity index (χ4n) is 0.105. The topological polar surface area (TPSA) is 14.1 Å². The Kier molecular flexibility index (Phi) is 3.81. The average Bonchev–Trinajstić information content (AvgIpc) is 1.65. The van der Waals surface area contributed by atoms with Crippen LogP contribution in [-0.4, -0.2) is 6.04 Å². The van der Waals surface area contributed by atoms with Gasteiger partial charge in [-0.3, -0.25) is 9.39 Å². The molecule has 0 rings (SSSR count). The van der Waals surface area contributed by atoms with E-state index in [0.717, 1.165) is 6.42 Å². The van der Waals surface area contributed by atoms with E-state index in [-0.39, 0.29) is 0 Å². The standard InChI is InChI=1S/C4H11NP/c1-3-4(2)5-6/h4H,3,6H2,1-2H3/q-1. The minimum Gasteiger partial charge on any atom is -0.639 e. The third kappa shape index (κ3) is 2.62. The molecule has 2 unspecified atom stereocenters. The Bertz CT molecular complexity index is 26.7. The van der Waals surface area contributed by atoms with Crippen LogP contribution in [0.3, 0.4) is 0 Å². The molecule has 0 bridgehead atoms. The molecule has 38 valence electrons. The lowest BCUT2D eigenvalue weighted by atomic mass is 10.3. The van der Waals surface area contributed by atoms with Crippen LogP contribution in [0.15, 0.2) is 0 Å². The maximum Gasteiger partial charge on any atom is -0.0668 e. The second-order valence-corrected chi connectivity index (χ2v) is 1.70. The molecule has 6 heavy (non-hydrogen) atoms. The van der Waals surface area contributed by atoms with Crippen molar-refractivity contribution in [1.29, 1.82) is 0 Å². The largest absolute Gasteiger partial charge is 0.639 e. The van der Waals surface area contributed by atoms with Gasteiger partial charge in [0, 0.05) is 0 Å². The van der Waals surface area contributed by atoms with Crippen molar-refractivity contribution < 1.29 is 0 Å². The highest BCUT2D eigenvalue weighted by Gasteiger charge is 1.74. The maximum absolute atomic E-state index is 3.92. The molecule has 0 aliphatic heterocycles. The predicted octanol–water partition coefficient (Wildman–Crippen LogP) is 1.95. The number of hydrogen-bond acceptors (Lipinski definition) is 0. The molecule has 0 saturated carbocycles. The fraction of sp³-hybridized carbons (Fsp3) is 1.00. The van der Waals surface area contributed by atoms with Gasteiger partial charge in [0.1, 0.15) is 0 Å². The first-order valence-corrected chi connectivity index (χ1v) is 2.73. The molecule has 0 spiro atoms. The zero-order chi connectivity index (χ0) is 4.99. The van der Waals surface area contributed by atoms with Gasteiger partial charge in [-0.1, -0.05) is 20.3 Å². The van der Waals surface area contributed by atoms with Gasteiger partial charge < -0.3 is 5.09 Å². The van der Waals surface area contributed by atoms with Gasteiger partial charge in [0.15, 0.2) is 0 Å². The molecule has 2 atom stereocenters. The van der Waals surface area contributed by atoms with Gasteiger partial charge in [-0.15, -0.1) is 6.04 Å². The van der Waals surface area contributed by atoms with Crippen LogP contribution in [0, 0.1) is 0 Å². The van der Waals surface area contributed by atoms with Crippen molar-refractivity contribution >= 4 is 9.39 Å². The van der Waals surface area contributed by atoms with Crippen LogP contribution in [-0.2, 0) is 0 Å². The molecule has 2 heteroatoms. The van der Waals surface area contributed by atoms with E-state index in [2.05, 4.69) is 28.3 Å². The van der Waals surface area contributed by atoms with Crippen molar-refractivity contribution in [2.75, 3.05) is 0 Å². The van der Waals surface area contributed by atoms with Crippen LogP contribution in [0.4, 0.5) is 0 Å². The molecular weight excluding hydrogens is 93.0 g/mol. The molecule has 0 aromatic heterocycles. The Balaban J connectivity index is 2.75. The van der Waals surface area contributed by atoms with E-state index in [1.165, 1.54) is 0 Å². The van der Waals surface area contributed by atoms with Gasteiger partial charge in [-0.25, -0.2) is 0 Å². The molecule has 0 heterocycles. The first kappa shape index (κ1) is 6.39. The highest BCUT2D eigenvalue weighted by Crippen LogP contribution is 2.07. The van der Waals surface area contributed by atoms with Gasteiger partial charge in [-0.2, -0.15) is 0 Å². The number of nitrogens with zero attached hydrogens (tertiary/aromatic N) is 1. The van der Waals surface area contributed by atoms with Crippen LogP contribution >= 0.6 is 9.39 Å². The van der Waals surface area contributed by atoms with Crippen LogP contribution in [0.2, 0.25) is 0 Å². The van der Waals surface area contributed by atoms with Crippen LogP contribution in [0.5, 0.6) is 0 Å². The second kappa shape index (κ2) is 3.58. The van der Waals surface area contributed by atoms with Crippen LogP contribution < -0.4 is 0 Å². The van der Waals surface area contributed by atoms with Crippen molar-refractivity contribution in [1.82, 2.24) is 0 Å². The fourth-order valence-corrected chi connectivity index (χ4v) is 0.316. The molecule has 0 radical (unpaired) electrons. The minimum atomic E-state index is 0.523. The lowest BCUT2D eigenvalue weighted by Crippen LogP contribution is -1.89. The Morgan fingerprint density at radius 3 is 2.33 bits per heavy atom. The quantitative estimate of drug-likeness (QED) is 0.475. The summed E-state index contributed by atoms with van der Waals surface area (Å²) in [5.74, 6) is 0. The maximum atomic E-state index is 3.92. The monoisotopic (exact) mass is 104 g/mol. The molecule has 0 aromatic carbocycles.